The van der Waals surface area contributed by atoms with E-state index >= 15 is 0 Å². The maximum Gasteiger partial charge on any atom is 0.0410 e. The fraction of sp³-hybridized carbons (Fsp3) is 0.312. The van der Waals surface area contributed by atoms with Crippen molar-refractivity contribution in [3.8, 4) is 0 Å². The van der Waals surface area contributed by atoms with Gasteiger partial charge in [0.15, 0.2) is 0 Å². The van der Waals surface area contributed by atoms with Gasteiger partial charge in [-0.3, -0.25) is 4.98 Å². The van der Waals surface area contributed by atoms with E-state index < -0.39 is 0 Å². The molecule has 0 radical (unpaired) electrons. The van der Waals surface area contributed by atoms with E-state index in [4.69, 9.17) is 0 Å². The number of halogens is 2. The molecule has 1 unspecified atom stereocenters. The SMILES string of the molecule is CCNCC(Cc1cncc(Br)c1)c1ccccc1Br. The van der Waals surface area contributed by atoms with E-state index in [1.807, 2.05) is 12.4 Å². The minimum absolute atomic E-state index is 0.432. The molecule has 2 rings (SSSR count). The predicted molar refractivity (Wildman–Crippen MR) is 91.1 cm³/mol. The van der Waals surface area contributed by atoms with E-state index in [9.17, 15) is 0 Å². The number of pyridine rings is 1. The second-order valence-corrected chi connectivity index (χ2v) is 6.51. The highest BCUT2D eigenvalue weighted by Gasteiger charge is 2.15. The quantitative estimate of drug-likeness (QED) is 0.773. The topological polar surface area (TPSA) is 24.9 Å². The number of benzene rings is 1. The van der Waals surface area contributed by atoms with Gasteiger partial charge in [0.25, 0.3) is 0 Å². The molecule has 1 heterocycles. The van der Waals surface area contributed by atoms with Gasteiger partial charge in [0.2, 0.25) is 0 Å². The Balaban J connectivity index is 2.22. The average Bonchev–Trinajstić information content (AvgIpc) is 2.44. The standard InChI is InChI=1S/C16H18Br2N2/c1-2-19-10-13(15-5-3-4-6-16(15)18)7-12-8-14(17)11-20-9-12/h3-6,8-9,11,13,19H,2,7,10H2,1H3. The van der Waals surface area contributed by atoms with Crippen LogP contribution in [0.1, 0.15) is 24.0 Å². The monoisotopic (exact) mass is 396 g/mol. The van der Waals surface area contributed by atoms with E-state index in [0.29, 0.717) is 5.92 Å². The Hall–Kier alpha value is -0.710. The summed E-state index contributed by atoms with van der Waals surface area (Å²) in [5, 5.41) is 3.46. The van der Waals surface area contributed by atoms with Crippen LogP contribution < -0.4 is 5.32 Å². The number of hydrogen-bond donors (Lipinski definition) is 1. The fourth-order valence-corrected chi connectivity index (χ4v) is 3.29. The van der Waals surface area contributed by atoms with Crippen LogP contribution >= 0.6 is 31.9 Å². The first-order valence-electron chi connectivity index (χ1n) is 6.75. The van der Waals surface area contributed by atoms with Crippen LogP contribution in [0.5, 0.6) is 0 Å². The van der Waals surface area contributed by atoms with Gasteiger partial charge in [-0.2, -0.15) is 0 Å². The van der Waals surface area contributed by atoms with Crippen LogP contribution in [0.15, 0.2) is 51.7 Å². The molecule has 0 aliphatic heterocycles. The van der Waals surface area contributed by atoms with Gasteiger partial charge in [-0.1, -0.05) is 41.1 Å². The van der Waals surface area contributed by atoms with E-state index in [1.165, 1.54) is 15.6 Å². The molecule has 0 bridgehead atoms. The molecule has 0 aliphatic rings. The smallest absolute Gasteiger partial charge is 0.0410 e. The van der Waals surface area contributed by atoms with E-state index in [2.05, 4.69) is 79.4 Å². The second-order valence-electron chi connectivity index (χ2n) is 4.74. The van der Waals surface area contributed by atoms with E-state index in [1.54, 1.807) is 0 Å². The van der Waals surface area contributed by atoms with Gasteiger partial charge in [-0.05, 0) is 52.2 Å². The van der Waals surface area contributed by atoms with Crippen molar-refractivity contribution in [2.75, 3.05) is 13.1 Å². The van der Waals surface area contributed by atoms with Crippen molar-refractivity contribution >= 4 is 31.9 Å². The number of nitrogens with zero attached hydrogens (tertiary/aromatic N) is 1. The summed E-state index contributed by atoms with van der Waals surface area (Å²) in [5.74, 6) is 0.432. The summed E-state index contributed by atoms with van der Waals surface area (Å²) in [5.41, 5.74) is 2.59. The molecule has 2 nitrogen and oxygen atoms in total. The van der Waals surface area contributed by atoms with E-state index in [0.717, 1.165) is 24.0 Å². The van der Waals surface area contributed by atoms with E-state index in [-0.39, 0.29) is 0 Å². The van der Waals surface area contributed by atoms with Gasteiger partial charge in [0.05, 0.1) is 0 Å². The number of aromatic nitrogens is 1. The molecule has 2 aromatic rings. The van der Waals surface area contributed by atoms with Gasteiger partial charge in [0.1, 0.15) is 0 Å². The molecule has 1 atom stereocenters. The Morgan fingerprint density at radius 2 is 2.00 bits per heavy atom. The molecule has 0 amide bonds. The summed E-state index contributed by atoms with van der Waals surface area (Å²) in [6.07, 6.45) is 4.74. The van der Waals surface area contributed by atoms with Crippen molar-refractivity contribution in [3.05, 3.63) is 62.8 Å². The van der Waals surface area contributed by atoms with Gasteiger partial charge in [0, 0.05) is 33.8 Å². The summed E-state index contributed by atoms with van der Waals surface area (Å²) < 4.78 is 2.20. The molecule has 0 aliphatic carbocycles. The first-order valence-corrected chi connectivity index (χ1v) is 8.34. The van der Waals surface area contributed by atoms with Crippen molar-refractivity contribution in [2.24, 2.45) is 0 Å². The molecule has 4 heteroatoms. The van der Waals surface area contributed by atoms with Crippen LogP contribution in [-0.2, 0) is 6.42 Å². The normalized spacial score (nSPS) is 12.3. The third-order valence-corrected chi connectivity index (χ3v) is 4.39. The Labute approximate surface area is 137 Å². The molecule has 1 aromatic carbocycles. The van der Waals surface area contributed by atoms with Gasteiger partial charge in [-0.25, -0.2) is 0 Å². The lowest BCUT2D eigenvalue weighted by atomic mass is 9.92. The zero-order valence-corrected chi connectivity index (χ0v) is 14.6. The first-order chi connectivity index (χ1) is 9.70. The van der Waals surface area contributed by atoms with Crippen molar-refractivity contribution in [1.29, 1.82) is 0 Å². The van der Waals surface area contributed by atoms with Gasteiger partial charge >= 0.3 is 0 Å². The lowest BCUT2D eigenvalue weighted by molar-refractivity contribution is 0.592. The van der Waals surface area contributed by atoms with Gasteiger partial charge in [-0.15, -0.1) is 0 Å². The molecule has 20 heavy (non-hydrogen) atoms. The van der Waals surface area contributed by atoms with Crippen LogP contribution in [0.2, 0.25) is 0 Å². The first kappa shape index (κ1) is 15.7. The zero-order valence-electron chi connectivity index (χ0n) is 11.4. The highest BCUT2D eigenvalue weighted by Crippen LogP contribution is 2.27. The molecule has 106 valence electrons. The summed E-state index contributed by atoms with van der Waals surface area (Å²) in [7, 11) is 0. The molecular formula is C16H18Br2N2. The zero-order chi connectivity index (χ0) is 14.4. The molecule has 0 fully saturated rings. The van der Waals surface area contributed by atoms with Crippen LogP contribution in [0, 0.1) is 0 Å². The molecule has 0 saturated carbocycles. The number of nitrogens with one attached hydrogen (secondary N) is 1. The third-order valence-electron chi connectivity index (χ3n) is 3.23. The average molecular weight is 398 g/mol. The van der Waals surface area contributed by atoms with Crippen molar-refractivity contribution < 1.29 is 0 Å². The van der Waals surface area contributed by atoms with Crippen LogP contribution in [-0.4, -0.2) is 18.1 Å². The summed E-state index contributed by atoms with van der Waals surface area (Å²) in [6, 6.07) is 10.6. The van der Waals surface area contributed by atoms with Crippen LogP contribution in [0.3, 0.4) is 0 Å². The van der Waals surface area contributed by atoms with Crippen molar-refractivity contribution in [3.63, 3.8) is 0 Å². The number of rotatable bonds is 6. The number of hydrogen-bond acceptors (Lipinski definition) is 2. The minimum atomic E-state index is 0.432. The molecule has 0 spiro atoms. The fourth-order valence-electron chi connectivity index (χ4n) is 2.27. The maximum atomic E-state index is 4.25. The van der Waals surface area contributed by atoms with Crippen LogP contribution in [0.4, 0.5) is 0 Å². The Morgan fingerprint density at radius 3 is 2.70 bits per heavy atom. The Bertz CT molecular complexity index is 558. The van der Waals surface area contributed by atoms with Crippen LogP contribution in [0.25, 0.3) is 0 Å². The number of likely N-dealkylation sites (N-methyl/N-ethyl adjacent to an activating group) is 1. The molecule has 1 N–H and O–H groups in total. The van der Waals surface area contributed by atoms with Crippen molar-refractivity contribution in [2.45, 2.75) is 19.3 Å². The summed E-state index contributed by atoms with van der Waals surface area (Å²) >= 11 is 7.15. The lowest BCUT2D eigenvalue weighted by Crippen LogP contribution is -2.23. The highest BCUT2D eigenvalue weighted by molar-refractivity contribution is 9.10. The van der Waals surface area contributed by atoms with Crippen molar-refractivity contribution in [1.82, 2.24) is 10.3 Å². The summed E-state index contributed by atoms with van der Waals surface area (Å²) in [6.45, 7) is 4.08. The Kier molecular flexibility index (Phi) is 6.20. The largest absolute Gasteiger partial charge is 0.316 e. The molecule has 1 aromatic heterocycles. The molecular weight excluding hydrogens is 380 g/mol. The maximum absolute atomic E-state index is 4.25. The Morgan fingerprint density at radius 1 is 1.20 bits per heavy atom. The lowest BCUT2D eigenvalue weighted by Gasteiger charge is -2.19. The second kappa shape index (κ2) is 7.91. The third kappa shape index (κ3) is 4.40. The summed E-state index contributed by atoms with van der Waals surface area (Å²) in [4.78, 5) is 4.25. The highest BCUT2D eigenvalue weighted by atomic mass is 79.9. The molecule has 0 saturated heterocycles. The predicted octanol–water partition coefficient (Wildman–Crippen LogP) is 4.54. The van der Waals surface area contributed by atoms with Gasteiger partial charge < -0.3 is 5.32 Å². The minimum Gasteiger partial charge on any atom is -0.316 e.